The van der Waals surface area contributed by atoms with Gasteiger partial charge >= 0.3 is 6.09 Å². The van der Waals surface area contributed by atoms with Crippen LogP contribution in [0.4, 0.5) is 4.79 Å². The summed E-state index contributed by atoms with van der Waals surface area (Å²) in [5.41, 5.74) is -0.444. The van der Waals surface area contributed by atoms with Gasteiger partial charge in [-0.05, 0) is 46.0 Å². The maximum absolute atomic E-state index is 11.9. The molecular formula is C14H24ClNO3. The lowest BCUT2D eigenvalue weighted by Crippen LogP contribution is -2.41. The number of hydrogen-bond donors (Lipinski definition) is 0. The zero-order valence-corrected chi connectivity index (χ0v) is 12.8. The van der Waals surface area contributed by atoms with Crippen molar-refractivity contribution in [3.63, 3.8) is 0 Å². The van der Waals surface area contributed by atoms with Crippen molar-refractivity contribution in [3.8, 4) is 0 Å². The summed E-state index contributed by atoms with van der Waals surface area (Å²) >= 11 is 5.48. The van der Waals surface area contributed by atoms with Crippen molar-refractivity contribution in [2.75, 3.05) is 19.0 Å². The summed E-state index contributed by atoms with van der Waals surface area (Å²) in [5.74, 6) is 0.735. The number of ketones is 1. The monoisotopic (exact) mass is 289 g/mol. The van der Waals surface area contributed by atoms with Gasteiger partial charge in [-0.1, -0.05) is 0 Å². The minimum Gasteiger partial charge on any atom is -0.444 e. The van der Waals surface area contributed by atoms with Crippen LogP contribution in [0, 0.1) is 5.92 Å². The summed E-state index contributed by atoms with van der Waals surface area (Å²) < 4.78 is 5.34. The van der Waals surface area contributed by atoms with Crippen molar-refractivity contribution in [3.05, 3.63) is 0 Å². The summed E-state index contributed by atoms with van der Waals surface area (Å²) in [4.78, 5) is 24.8. The van der Waals surface area contributed by atoms with Crippen molar-refractivity contribution >= 4 is 23.5 Å². The molecule has 1 aliphatic rings. The minimum atomic E-state index is -0.444. The number of amides is 1. The van der Waals surface area contributed by atoms with Gasteiger partial charge in [0.2, 0.25) is 0 Å². The number of ether oxygens (including phenoxy) is 1. The number of carbonyl (C=O) groups is 2. The lowest BCUT2D eigenvalue weighted by Gasteiger charge is -2.33. The third-order valence-electron chi connectivity index (χ3n) is 3.25. The molecule has 4 nitrogen and oxygen atoms in total. The second-order valence-electron chi connectivity index (χ2n) is 6.12. The first kappa shape index (κ1) is 16.3. The van der Waals surface area contributed by atoms with Gasteiger partial charge in [-0.3, -0.25) is 4.79 Å². The summed E-state index contributed by atoms with van der Waals surface area (Å²) in [5, 5.41) is 0. The van der Waals surface area contributed by atoms with Gasteiger partial charge in [-0.15, -0.1) is 11.6 Å². The van der Waals surface area contributed by atoms with E-state index < -0.39 is 5.60 Å². The van der Waals surface area contributed by atoms with Gasteiger partial charge < -0.3 is 9.64 Å². The van der Waals surface area contributed by atoms with Crippen LogP contribution >= 0.6 is 11.6 Å². The Bertz CT molecular complexity index is 317. The number of Topliss-reactive ketones (excluding diaryl/α,β-unsaturated/α-hetero) is 1. The smallest absolute Gasteiger partial charge is 0.410 e. The number of rotatable bonds is 4. The summed E-state index contributed by atoms with van der Waals surface area (Å²) in [6.45, 7) is 7.05. The third-order valence-corrected chi connectivity index (χ3v) is 3.54. The normalized spacial score (nSPS) is 17.4. The molecule has 0 radical (unpaired) electrons. The van der Waals surface area contributed by atoms with Gasteiger partial charge in [0.15, 0.2) is 0 Å². The van der Waals surface area contributed by atoms with Crippen LogP contribution < -0.4 is 0 Å². The van der Waals surface area contributed by atoms with E-state index in [-0.39, 0.29) is 17.8 Å². The maximum atomic E-state index is 11.9. The Balaban J connectivity index is 2.29. The Hall–Kier alpha value is -0.770. The highest BCUT2D eigenvalue weighted by Gasteiger charge is 2.26. The fraction of sp³-hybridized carbons (Fsp3) is 0.857. The van der Waals surface area contributed by atoms with Crippen molar-refractivity contribution in [1.29, 1.82) is 0 Å². The zero-order chi connectivity index (χ0) is 14.5. The molecule has 0 saturated carbocycles. The SMILES string of the molecule is CC(C)(C)OC(=O)N1CCC(CCC(=O)CCl)CC1. The van der Waals surface area contributed by atoms with Crippen LogP contribution in [0.15, 0.2) is 0 Å². The van der Waals surface area contributed by atoms with Crippen LogP contribution in [0.1, 0.15) is 46.5 Å². The Kier molecular flexibility index (Phi) is 6.11. The van der Waals surface area contributed by atoms with Crippen molar-refractivity contribution in [2.24, 2.45) is 5.92 Å². The van der Waals surface area contributed by atoms with E-state index in [1.165, 1.54) is 0 Å². The summed E-state index contributed by atoms with van der Waals surface area (Å²) in [6.07, 6.45) is 3.08. The minimum absolute atomic E-state index is 0.108. The van der Waals surface area contributed by atoms with Crippen LogP contribution in [0.2, 0.25) is 0 Å². The molecule has 1 amide bonds. The van der Waals surface area contributed by atoms with E-state index in [0.29, 0.717) is 25.4 Å². The molecule has 5 heteroatoms. The number of hydrogen-bond acceptors (Lipinski definition) is 3. The van der Waals surface area contributed by atoms with Crippen LogP contribution in [-0.2, 0) is 9.53 Å². The van der Waals surface area contributed by atoms with Gasteiger partial charge in [0, 0.05) is 19.5 Å². The van der Waals surface area contributed by atoms with E-state index in [2.05, 4.69) is 0 Å². The number of nitrogens with zero attached hydrogens (tertiary/aromatic N) is 1. The molecule has 0 aromatic carbocycles. The maximum Gasteiger partial charge on any atom is 0.410 e. The van der Waals surface area contributed by atoms with E-state index in [1.807, 2.05) is 20.8 Å². The topological polar surface area (TPSA) is 46.6 Å². The predicted molar refractivity (Wildman–Crippen MR) is 75.5 cm³/mol. The molecule has 0 unspecified atom stereocenters. The number of alkyl halides is 1. The molecule has 0 aromatic rings. The first-order valence-electron chi connectivity index (χ1n) is 6.87. The molecule has 1 rings (SSSR count). The molecule has 0 aliphatic carbocycles. The molecule has 1 heterocycles. The average Bonchev–Trinajstić information content (AvgIpc) is 2.34. The number of likely N-dealkylation sites (tertiary alicyclic amines) is 1. The second kappa shape index (κ2) is 7.13. The molecular weight excluding hydrogens is 266 g/mol. The zero-order valence-electron chi connectivity index (χ0n) is 12.1. The Morgan fingerprint density at radius 2 is 1.84 bits per heavy atom. The molecule has 1 saturated heterocycles. The largest absolute Gasteiger partial charge is 0.444 e. The van der Waals surface area contributed by atoms with Gasteiger partial charge in [-0.2, -0.15) is 0 Å². The van der Waals surface area contributed by atoms with E-state index in [1.54, 1.807) is 4.90 Å². The van der Waals surface area contributed by atoms with E-state index in [0.717, 1.165) is 19.3 Å². The van der Waals surface area contributed by atoms with Gasteiger partial charge in [0.05, 0.1) is 5.88 Å². The van der Waals surface area contributed by atoms with Crippen LogP contribution in [0.25, 0.3) is 0 Å². The molecule has 1 aliphatic heterocycles. The van der Waals surface area contributed by atoms with Gasteiger partial charge in [0.25, 0.3) is 0 Å². The van der Waals surface area contributed by atoms with Gasteiger partial charge in [0.1, 0.15) is 11.4 Å². The standard InChI is InChI=1S/C14H24ClNO3/c1-14(2,3)19-13(18)16-8-6-11(7-9-16)4-5-12(17)10-15/h11H,4-10H2,1-3H3. The lowest BCUT2D eigenvalue weighted by molar-refractivity contribution is -0.117. The molecule has 19 heavy (non-hydrogen) atoms. The molecule has 0 spiro atoms. The summed E-state index contributed by atoms with van der Waals surface area (Å²) in [7, 11) is 0. The first-order chi connectivity index (χ1) is 8.81. The molecule has 1 fully saturated rings. The Morgan fingerprint density at radius 1 is 1.26 bits per heavy atom. The Labute approximate surface area is 120 Å². The highest BCUT2D eigenvalue weighted by molar-refractivity contribution is 6.27. The second-order valence-corrected chi connectivity index (χ2v) is 6.39. The number of piperidine rings is 1. The van der Waals surface area contributed by atoms with Crippen LogP contribution in [0.3, 0.4) is 0 Å². The first-order valence-corrected chi connectivity index (χ1v) is 7.41. The molecule has 0 atom stereocenters. The highest BCUT2D eigenvalue weighted by atomic mass is 35.5. The molecule has 0 aromatic heterocycles. The van der Waals surface area contributed by atoms with Crippen LogP contribution in [-0.4, -0.2) is 41.3 Å². The molecule has 110 valence electrons. The summed E-state index contributed by atoms with van der Waals surface area (Å²) in [6, 6.07) is 0. The van der Waals surface area contributed by atoms with Crippen molar-refractivity contribution in [2.45, 2.75) is 52.1 Å². The predicted octanol–water partition coefficient (Wildman–Crippen LogP) is 3.22. The Morgan fingerprint density at radius 3 is 2.32 bits per heavy atom. The fourth-order valence-corrected chi connectivity index (χ4v) is 2.30. The van der Waals surface area contributed by atoms with Crippen LogP contribution in [0.5, 0.6) is 0 Å². The molecule has 0 N–H and O–H groups in total. The lowest BCUT2D eigenvalue weighted by atomic mass is 9.92. The number of halogens is 1. The van der Waals surface area contributed by atoms with Gasteiger partial charge in [-0.25, -0.2) is 4.79 Å². The third kappa shape index (κ3) is 6.28. The van der Waals surface area contributed by atoms with E-state index in [4.69, 9.17) is 16.3 Å². The molecule has 0 bridgehead atoms. The van der Waals surface area contributed by atoms with Crippen molar-refractivity contribution in [1.82, 2.24) is 4.90 Å². The quantitative estimate of drug-likeness (QED) is 0.747. The fourth-order valence-electron chi connectivity index (χ4n) is 2.16. The average molecular weight is 290 g/mol. The number of carbonyl (C=O) groups excluding carboxylic acids is 2. The highest BCUT2D eigenvalue weighted by Crippen LogP contribution is 2.23. The van der Waals surface area contributed by atoms with Crippen molar-refractivity contribution < 1.29 is 14.3 Å². The van der Waals surface area contributed by atoms with E-state index >= 15 is 0 Å². The van der Waals surface area contributed by atoms with E-state index in [9.17, 15) is 9.59 Å².